The number of nitrogens with one attached hydrogen (secondary N) is 1. The van der Waals surface area contributed by atoms with Gasteiger partial charge < -0.3 is 16.2 Å². The molecule has 0 aliphatic rings. The molecule has 0 saturated heterocycles. The molecule has 0 atom stereocenters. The number of nitrogen functional groups attached to an aromatic ring is 1. The molecule has 0 unspecified atom stereocenters. The summed E-state index contributed by atoms with van der Waals surface area (Å²) in [5, 5.41) is 9.84. The molecule has 0 spiro atoms. The molecule has 0 aliphatic carbocycles. The predicted octanol–water partition coefficient (Wildman–Crippen LogP) is 0.517. The van der Waals surface area contributed by atoms with E-state index in [0.717, 1.165) is 0 Å². The number of aromatic nitrogens is 3. The highest BCUT2D eigenvalue weighted by atomic mass is 16.5. The Morgan fingerprint density at radius 2 is 2.10 bits per heavy atom. The number of para-hydroxylation sites is 2. The second-order valence-electron chi connectivity index (χ2n) is 3.97. The van der Waals surface area contributed by atoms with Crippen molar-refractivity contribution in [3.05, 3.63) is 30.0 Å². The van der Waals surface area contributed by atoms with Gasteiger partial charge in [-0.3, -0.25) is 10.1 Å². The van der Waals surface area contributed by atoms with Crippen LogP contribution in [0.2, 0.25) is 0 Å². The first kappa shape index (κ1) is 14.3. The second kappa shape index (κ2) is 5.90. The van der Waals surface area contributed by atoms with Gasteiger partial charge >= 0.3 is 6.09 Å². The van der Waals surface area contributed by atoms with E-state index in [1.165, 1.54) is 4.68 Å². The summed E-state index contributed by atoms with van der Waals surface area (Å²) in [6.45, 7) is 1.83. The summed E-state index contributed by atoms with van der Waals surface area (Å²) in [6, 6.07) is 6.77. The summed E-state index contributed by atoms with van der Waals surface area (Å²) in [5.74, 6) is -0.832. The van der Waals surface area contributed by atoms with Crippen molar-refractivity contribution in [1.82, 2.24) is 15.0 Å². The molecule has 1 heterocycles. The Labute approximate surface area is 119 Å². The number of carbonyl (C=O) groups is 2. The van der Waals surface area contributed by atoms with Crippen molar-refractivity contribution in [3.63, 3.8) is 0 Å². The third-order valence-electron chi connectivity index (χ3n) is 2.56. The molecule has 2 rings (SSSR count). The number of rotatable bonds is 4. The molecule has 110 valence electrons. The van der Waals surface area contributed by atoms with Crippen LogP contribution < -0.4 is 16.8 Å². The van der Waals surface area contributed by atoms with Crippen LogP contribution in [-0.2, 0) is 4.74 Å². The van der Waals surface area contributed by atoms with E-state index >= 15 is 0 Å². The highest BCUT2D eigenvalue weighted by Gasteiger charge is 2.21. The minimum atomic E-state index is -0.831. The summed E-state index contributed by atoms with van der Waals surface area (Å²) < 4.78 is 5.98. The highest BCUT2D eigenvalue weighted by Crippen LogP contribution is 2.22. The largest absolute Gasteiger partial charge is 0.450 e. The first-order chi connectivity index (χ1) is 10.0. The van der Waals surface area contributed by atoms with Crippen molar-refractivity contribution < 1.29 is 14.3 Å². The Hall–Kier alpha value is -3.10. The zero-order valence-electron chi connectivity index (χ0n) is 11.2. The quantitative estimate of drug-likeness (QED) is 0.701. The van der Waals surface area contributed by atoms with E-state index < -0.39 is 12.0 Å². The van der Waals surface area contributed by atoms with Crippen molar-refractivity contribution in [2.24, 2.45) is 5.73 Å². The van der Waals surface area contributed by atoms with Gasteiger partial charge in [-0.1, -0.05) is 17.3 Å². The van der Waals surface area contributed by atoms with Crippen molar-refractivity contribution in [3.8, 4) is 5.69 Å². The van der Waals surface area contributed by atoms with Crippen LogP contribution in [0, 0.1) is 0 Å². The lowest BCUT2D eigenvalue weighted by Crippen LogP contribution is -2.20. The molecule has 0 bridgehead atoms. The van der Waals surface area contributed by atoms with Gasteiger partial charge in [0.1, 0.15) is 0 Å². The molecule has 2 amide bonds. The number of amides is 2. The molecule has 0 aliphatic heterocycles. The van der Waals surface area contributed by atoms with Gasteiger partial charge in [0.15, 0.2) is 11.5 Å². The van der Waals surface area contributed by atoms with E-state index in [4.69, 9.17) is 16.2 Å². The summed E-state index contributed by atoms with van der Waals surface area (Å²) in [5.41, 5.74) is 11.7. The standard InChI is InChI=1S/C12H14N6O3/c1-2-21-12(20)15-11-9(10(14)19)16-17-18(11)8-6-4-3-5-7(8)13/h3-6H,2,13H2,1H3,(H2,14,19)(H,15,20). The second-order valence-corrected chi connectivity index (χ2v) is 3.97. The molecule has 0 saturated carbocycles. The van der Waals surface area contributed by atoms with Gasteiger partial charge in [0, 0.05) is 0 Å². The van der Waals surface area contributed by atoms with Crippen molar-refractivity contribution in [1.29, 1.82) is 0 Å². The first-order valence-corrected chi connectivity index (χ1v) is 6.08. The normalized spacial score (nSPS) is 10.1. The number of nitrogens with two attached hydrogens (primary N) is 2. The molecule has 9 nitrogen and oxygen atoms in total. The van der Waals surface area contributed by atoms with Gasteiger partial charge in [0.2, 0.25) is 0 Å². The van der Waals surface area contributed by atoms with Crippen molar-refractivity contribution in [2.45, 2.75) is 6.92 Å². The maximum atomic E-state index is 11.6. The van der Waals surface area contributed by atoms with E-state index in [-0.39, 0.29) is 18.1 Å². The SMILES string of the molecule is CCOC(=O)Nc1c(C(N)=O)nnn1-c1ccccc1N. The number of ether oxygens (including phenoxy) is 1. The number of hydrogen-bond acceptors (Lipinski definition) is 6. The van der Waals surface area contributed by atoms with Crippen LogP contribution in [-0.4, -0.2) is 33.6 Å². The zero-order chi connectivity index (χ0) is 15.4. The van der Waals surface area contributed by atoms with Crippen LogP contribution in [0.15, 0.2) is 24.3 Å². The molecule has 0 radical (unpaired) electrons. The van der Waals surface area contributed by atoms with Crippen LogP contribution in [0.5, 0.6) is 0 Å². The Morgan fingerprint density at radius 3 is 2.71 bits per heavy atom. The molecule has 1 aromatic heterocycles. The van der Waals surface area contributed by atoms with Crippen LogP contribution in [0.1, 0.15) is 17.4 Å². The fraction of sp³-hybridized carbons (Fsp3) is 0.167. The van der Waals surface area contributed by atoms with Gasteiger partial charge in [-0.25, -0.2) is 4.79 Å². The first-order valence-electron chi connectivity index (χ1n) is 6.08. The fourth-order valence-corrected chi connectivity index (χ4v) is 1.67. The van der Waals surface area contributed by atoms with Crippen LogP contribution in [0.4, 0.5) is 16.3 Å². The average Bonchev–Trinajstić information content (AvgIpc) is 2.83. The molecule has 21 heavy (non-hydrogen) atoms. The lowest BCUT2D eigenvalue weighted by Gasteiger charge is -2.10. The number of nitrogens with zero attached hydrogens (tertiary/aromatic N) is 3. The topological polar surface area (TPSA) is 138 Å². The third-order valence-corrected chi connectivity index (χ3v) is 2.56. The minimum Gasteiger partial charge on any atom is -0.450 e. The molecular weight excluding hydrogens is 276 g/mol. The lowest BCUT2D eigenvalue weighted by molar-refractivity contribution is 0.0996. The van der Waals surface area contributed by atoms with E-state index in [9.17, 15) is 9.59 Å². The Bertz CT molecular complexity index is 681. The molecule has 5 N–H and O–H groups in total. The average molecular weight is 290 g/mol. The van der Waals surface area contributed by atoms with E-state index in [1.54, 1.807) is 31.2 Å². The number of hydrogen-bond donors (Lipinski definition) is 3. The van der Waals surface area contributed by atoms with Crippen molar-refractivity contribution in [2.75, 3.05) is 17.7 Å². The summed E-state index contributed by atoms with van der Waals surface area (Å²) in [4.78, 5) is 22.9. The zero-order valence-corrected chi connectivity index (χ0v) is 11.2. The monoisotopic (exact) mass is 290 g/mol. The van der Waals surface area contributed by atoms with Crippen molar-refractivity contribution >= 4 is 23.5 Å². The Morgan fingerprint density at radius 1 is 1.38 bits per heavy atom. The number of carbonyl (C=O) groups excluding carboxylic acids is 2. The smallest absolute Gasteiger partial charge is 0.412 e. The highest BCUT2D eigenvalue weighted by molar-refractivity contribution is 5.99. The summed E-state index contributed by atoms with van der Waals surface area (Å²) >= 11 is 0. The Kier molecular flexibility index (Phi) is 4.02. The van der Waals surface area contributed by atoms with Gasteiger partial charge in [-0.05, 0) is 19.1 Å². The van der Waals surface area contributed by atoms with Crippen LogP contribution in [0.3, 0.4) is 0 Å². The van der Waals surface area contributed by atoms with Crippen LogP contribution >= 0.6 is 0 Å². The maximum absolute atomic E-state index is 11.6. The van der Waals surface area contributed by atoms with E-state index in [2.05, 4.69) is 15.6 Å². The number of primary amides is 1. The number of benzene rings is 1. The molecular formula is C12H14N6O3. The molecule has 9 heteroatoms. The van der Waals surface area contributed by atoms with Gasteiger partial charge in [-0.15, -0.1) is 5.10 Å². The Balaban J connectivity index is 2.49. The molecule has 1 aromatic carbocycles. The van der Waals surface area contributed by atoms with E-state index in [0.29, 0.717) is 11.4 Å². The van der Waals surface area contributed by atoms with Gasteiger partial charge in [0.05, 0.1) is 18.0 Å². The third kappa shape index (κ3) is 2.91. The minimum absolute atomic E-state index is 0.00106. The van der Waals surface area contributed by atoms with Crippen LogP contribution in [0.25, 0.3) is 5.69 Å². The lowest BCUT2D eigenvalue weighted by atomic mass is 10.2. The maximum Gasteiger partial charge on any atom is 0.412 e. The van der Waals surface area contributed by atoms with Gasteiger partial charge in [-0.2, -0.15) is 4.68 Å². The number of anilines is 2. The molecule has 0 fully saturated rings. The summed E-state index contributed by atoms with van der Waals surface area (Å²) in [6.07, 6.45) is -0.752. The van der Waals surface area contributed by atoms with E-state index in [1.807, 2.05) is 0 Å². The summed E-state index contributed by atoms with van der Waals surface area (Å²) in [7, 11) is 0. The fourth-order valence-electron chi connectivity index (χ4n) is 1.67. The predicted molar refractivity (Wildman–Crippen MR) is 74.9 cm³/mol. The van der Waals surface area contributed by atoms with Gasteiger partial charge in [0.25, 0.3) is 5.91 Å². The molecule has 2 aromatic rings.